The average Bonchev–Trinajstić information content (AvgIpc) is 3.13. The molecule has 0 saturated heterocycles. The molecule has 0 aliphatic rings. The summed E-state index contributed by atoms with van der Waals surface area (Å²) in [5.74, 6) is 0. The standard InChI is InChI=1S/C13H15.C10H15.2BrH.Zr/c1-2-3-6-11-9-12-7-4-5-8-13(12)10-11;1-6-7(2)9(4)10(5)8(6)3;;;/h4-5,7-10H,2-3,6H2,1H3;1-5H3;2*1H;/q2*-1;;;+4/p-2. The molecule has 3 aromatic carbocycles. The first-order valence-corrected chi connectivity index (χ1v) is 20.4. The molecule has 0 heterocycles. The summed E-state index contributed by atoms with van der Waals surface area (Å²) >= 11 is 6.32. The summed E-state index contributed by atoms with van der Waals surface area (Å²) < 4.78 is 0. The third-order valence-electron chi connectivity index (χ3n) is 5.31. The molecule has 0 aliphatic heterocycles. The normalized spacial score (nSPS) is 9.85. The Morgan fingerprint density at radius 2 is 1.54 bits per heavy atom. The molecule has 26 heavy (non-hydrogen) atoms. The fourth-order valence-corrected chi connectivity index (χ4v) is 3.15. The fourth-order valence-electron chi connectivity index (χ4n) is 3.15. The van der Waals surface area contributed by atoms with Crippen molar-refractivity contribution in [2.75, 3.05) is 0 Å². The van der Waals surface area contributed by atoms with Gasteiger partial charge in [-0.3, -0.25) is 0 Å². The third kappa shape index (κ3) is 6.88. The van der Waals surface area contributed by atoms with Gasteiger partial charge in [-0.2, -0.15) is 33.9 Å². The molecule has 0 unspecified atom stereocenters. The van der Waals surface area contributed by atoms with Crippen molar-refractivity contribution in [2.45, 2.75) is 60.8 Å². The molecule has 0 atom stereocenters. The molecular formula is C23H30Br2Zr. The molecule has 3 aromatic rings. The summed E-state index contributed by atoms with van der Waals surface area (Å²) in [5.41, 5.74) is 8.83. The molecule has 0 N–H and O–H groups in total. The van der Waals surface area contributed by atoms with Crippen molar-refractivity contribution in [1.82, 2.24) is 0 Å². The molecule has 0 bridgehead atoms. The number of halogens is 2. The third-order valence-corrected chi connectivity index (χ3v) is 5.31. The molecule has 0 saturated carbocycles. The fraction of sp³-hybridized carbons (Fsp3) is 0.391. The second-order valence-corrected chi connectivity index (χ2v) is 18.1. The van der Waals surface area contributed by atoms with E-state index in [1.165, 1.54) is 63.4 Å². The van der Waals surface area contributed by atoms with Gasteiger partial charge in [0, 0.05) is 0 Å². The van der Waals surface area contributed by atoms with Crippen molar-refractivity contribution in [1.29, 1.82) is 0 Å². The molecule has 3 rings (SSSR count). The summed E-state index contributed by atoms with van der Waals surface area (Å²) in [7, 11) is 0. The van der Waals surface area contributed by atoms with E-state index in [4.69, 9.17) is 0 Å². The van der Waals surface area contributed by atoms with Gasteiger partial charge in [-0.15, -0.1) is 40.6 Å². The van der Waals surface area contributed by atoms with Crippen LogP contribution in [0.4, 0.5) is 0 Å². The van der Waals surface area contributed by atoms with Gasteiger partial charge in [-0.05, 0) is 6.42 Å². The second kappa shape index (κ2) is 12.5. The Morgan fingerprint density at radius 3 is 1.96 bits per heavy atom. The summed E-state index contributed by atoms with van der Waals surface area (Å²) in [6.45, 7) is 13.2. The van der Waals surface area contributed by atoms with E-state index in [-0.39, 0.29) is 18.5 Å². The predicted molar refractivity (Wildman–Crippen MR) is 122 cm³/mol. The zero-order valence-corrected chi connectivity index (χ0v) is 22.5. The Kier molecular flexibility index (Phi) is 11.5. The van der Waals surface area contributed by atoms with Gasteiger partial charge < -0.3 is 0 Å². The van der Waals surface area contributed by atoms with Crippen molar-refractivity contribution >= 4 is 35.2 Å². The van der Waals surface area contributed by atoms with E-state index < -0.39 is 0 Å². The first-order valence-electron chi connectivity index (χ1n) is 9.17. The predicted octanol–water partition coefficient (Wildman–Crippen LogP) is 8.54. The van der Waals surface area contributed by atoms with Gasteiger partial charge in [0.05, 0.1) is 0 Å². The topological polar surface area (TPSA) is 0 Å². The van der Waals surface area contributed by atoms with Gasteiger partial charge in [0.1, 0.15) is 0 Å². The Hall–Kier alpha value is 0.0231. The van der Waals surface area contributed by atoms with Gasteiger partial charge >= 0.3 is 43.0 Å². The van der Waals surface area contributed by atoms with Crippen molar-refractivity contribution < 1.29 is 18.5 Å². The van der Waals surface area contributed by atoms with Crippen LogP contribution in [0.15, 0.2) is 36.4 Å². The quantitative estimate of drug-likeness (QED) is 0.283. The SMILES string of the molecule is CCCCc1cc2ccccc2[cH-]1.Cc1c(C)c(C)[c-](C)c1C.[Br][Zr+2][Br]. The maximum absolute atomic E-state index is 3.23. The average molecular weight is 558 g/mol. The van der Waals surface area contributed by atoms with E-state index in [9.17, 15) is 0 Å². The number of aryl methyl sites for hydroxylation is 1. The van der Waals surface area contributed by atoms with Crippen LogP contribution in [0.2, 0.25) is 0 Å². The van der Waals surface area contributed by atoms with Crippen LogP contribution in [0.5, 0.6) is 0 Å². The van der Waals surface area contributed by atoms with Gasteiger partial charge in [0.15, 0.2) is 0 Å². The molecule has 0 aromatic heterocycles. The zero-order chi connectivity index (χ0) is 19.7. The van der Waals surface area contributed by atoms with Gasteiger partial charge in [-0.25, -0.2) is 0 Å². The van der Waals surface area contributed by atoms with Crippen molar-refractivity contribution in [3.63, 3.8) is 0 Å². The van der Waals surface area contributed by atoms with Crippen LogP contribution < -0.4 is 0 Å². The summed E-state index contributed by atoms with van der Waals surface area (Å²) in [6.07, 6.45) is 3.81. The zero-order valence-electron chi connectivity index (χ0n) is 16.8. The Labute approximate surface area is 183 Å². The van der Waals surface area contributed by atoms with Gasteiger partial charge in [0.2, 0.25) is 0 Å². The van der Waals surface area contributed by atoms with Crippen LogP contribution in [0.25, 0.3) is 10.8 Å². The van der Waals surface area contributed by atoms with E-state index >= 15 is 0 Å². The number of hydrogen-bond donors (Lipinski definition) is 0. The monoisotopic (exact) mass is 554 g/mol. The van der Waals surface area contributed by atoms with E-state index in [2.05, 4.69) is 102 Å². The molecule has 0 aliphatic carbocycles. The van der Waals surface area contributed by atoms with E-state index in [0.717, 1.165) is 0 Å². The van der Waals surface area contributed by atoms with Crippen molar-refractivity contribution in [3.05, 3.63) is 69.8 Å². The van der Waals surface area contributed by atoms with Crippen LogP contribution in [-0.2, 0) is 25.0 Å². The molecule has 0 radical (unpaired) electrons. The van der Waals surface area contributed by atoms with Crippen molar-refractivity contribution in [2.24, 2.45) is 0 Å². The number of benzene rings is 1. The summed E-state index contributed by atoms with van der Waals surface area (Å²) in [5, 5.41) is 2.77. The minimum atomic E-state index is -0.145. The van der Waals surface area contributed by atoms with E-state index in [1.54, 1.807) is 0 Å². The number of rotatable bonds is 3. The Balaban J connectivity index is 0.000000233. The van der Waals surface area contributed by atoms with Crippen LogP contribution in [0, 0.1) is 34.6 Å². The van der Waals surface area contributed by atoms with Crippen LogP contribution in [0.1, 0.15) is 53.1 Å². The molecular weight excluding hydrogens is 527 g/mol. The minimum absolute atomic E-state index is 0.145. The van der Waals surface area contributed by atoms with Crippen LogP contribution in [0.3, 0.4) is 0 Å². The van der Waals surface area contributed by atoms with Gasteiger partial charge in [0.25, 0.3) is 0 Å². The number of fused-ring (bicyclic) bond motifs is 1. The molecule has 0 fully saturated rings. The number of unbranched alkanes of at least 4 members (excludes halogenated alkanes) is 1. The molecule has 140 valence electrons. The first-order chi connectivity index (χ1) is 12.4. The Morgan fingerprint density at radius 1 is 1.00 bits per heavy atom. The Bertz CT molecular complexity index is 683. The van der Waals surface area contributed by atoms with Crippen molar-refractivity contribution in [3.8, 4) is 0 Å². The van der Waals surface area contributed by atoms with E-state index in [0.29, 0.717) is 0 Å². The van der Waals surface area contributed by atoms with E-state index in [1.807, 2.05) is 0 Å². The first kappa shape index (κ1) is 24.1. The molecule has 0 nitrogen and oxygen atoms in total. The van der Waals surface area contributed by atoms with Crippen LogP contribution in [-0.4, -0.2) is 0 Å². The second-order valence-electron chi connectivity index (χ2n) is 6.79. The van der Waals surface area contributed by atoms with Gasteiger partial charge in [-0.1, -0.05) is 60.5 Å². The number of hydrogen-bond acceptors (Lipinski definition) is 0. The molecule has 0 spiro atoms. The summed E-state index contributed by atoms with van der Waals surface area (Å²) in [4.78, 5) is 0. The molecule has 3 heteroatoms. The maximum atomic E-state index is 3.23. The molecule has 0 amide bonds. The van der Waals surface area contributed by atoms with Crippen LogP contribution >= 0.6 is 24.4 Å². The summed E-state index contributed by atoms with van der Waals surface area (Å²) in [6, 6.07) is 13.2.